The number of rotatable bonds is 10. The zero-order valence-corrected chi connectivity index (χ0v) is 18.3. The van der Waals surface area contributed by atoms with E-state index in [1.165, 1.54) is 0 Å². The summed E-state index contributed by atoms with van der Waals surface area (Å²) in [4.78, 5) is 48.7. The summed E-state index contributed by atoms with van der Waals surface area (Å²) in [5.74, 6) is -3.48. The third-order valence-electron chi connectivity index (χ3n) is 3.96. The molecule has 0 aromatic heterocycles. The van der Waals surface area contributed by atoms with E-state index in [-0.39, 0.29) is 30.4 Å². The van der Waals surface area contributed by atoms with E-state index in [4.69, 9.17) is 10.5 Å². The van der Waals surface area contributed by atoms with E-state index in [9.17, 15) is 24.3 Å². The minimum absolute atomic E-state index is 0.0504. The Balaban J connectivity index is 3.12. The van der Waals surface area contributed by atoms with Crippen LogP contribution in [0.5, 0.6) is 0 Å². The largest absolute Gasteiger partial charge is 0.480 e. The second kappa shape index (κ2) is 10.5. The van der Waals surface area contributed by atoms with Gasteiger partial charge in [-0.3, -0.25) is 9.59 Å². The number of esters is 1. The molecule has 29 heavy (non-hydrogen) atoms. The van der Waals surface area contributed by atoms with E-state index >= 15 is 0 Å². The minimum atomic E-state index is -2.14. The van der Waals surface area contributed by atoms with Crippen molar-refractivity contribution in [3.05, 3.63) is 35.9 Å². The number of hydrogen-bond donors (Lipinski definition) is 3. The summed E-state index contributed by atoms with van der Waals surface area (Å²) in [5, 5.41) is 11.8. The molecule has 0 saturated heterocycles. The summed E-state index contributed by atoms with van der Waals surface area (Å²) in [6, 6.07) is 7.26. The highest BCUT2D eigenvalue weighted by atomic mass is 79.9. The van der Waals surface area contributed by atoms with Crippen LogP contribution in [0.3, 0.4) is 0 Å². The molecule has 0 aliphatic carbocycles. The Kier molecular flexibility index (Phi) is 8.97. The molecule has 1 aromatic rings. The molecule has 160 valence electrons. The number of alkyl halides is 1. The highest BCUT2D eigenvalue weighted by molar-refractivity contribution is 9.09. The molecule has 2 atom stereocenters. The first-order valence-corrected chi connectivity index (χ1v) is 10.2. The van der Waals surface area contributed by atoms with E-state index in [1.54, 1.807) is 51.1 Å². The Hall–Kier alpha value is -2.26. The summed E-state index contributed by atoms with van der Waals surface area (Å²) in [6.45, 7) is 4.91. The fourth-order valence-corrected chi connectivity index (χ4v) is 2.73. The maximum atomic E-state index is 12.9. The number of aliphatic carboxylic acids is 1. The van der Waals surface area contributed by atoms with Crippen LogP contribution in [-0.2, 0) is 30.3 Å². The number of carbonyl (C=O) groups is 4. The van der Waals surface area contributed by atoms with Crippen molar-refractivity contribution in [3.8, 4) is 0 Å². The number of amides is 1. The molecule has 0 radical (unpaired) electrons. The molecule has 0 unspecified atom stereocenters. The van der Waals surface area contributed by atoms with Crippen molar-refractivity contribution in [2.75, 3.05) is 5.33 Å². The van der Waals surface area contributed by atoms with Gasteiger partial charge in [-0.15, -0.1) is 0 Å². The molecule has 4 N–H and O–H groups in total. The van der Waals surface area contributed by atoms with Crippen LogP contribution in [0.2, 0.25) is 0 Å². The summed E-state index contributed by atoms with van der Waals surface area (Å²) in [7, 11) is 0. The van der Waals surface area contributed by atoms with Crippen LogP contribution >= 0.6 is 15.9 Å². The van der Waals surface area contributed by atoms with Crippen molar-refractivity contribution in [1.82, 2.24) is 5.32 Å². The zero-order valence-electron chi connectivity index (χ0n) is 16.7. The molecule has 8 nitrogen and oxygen atoms in total. The summed E-state index contributed by atoms with van der Waals surface area (Å²) < 4.78 is 5.32. The van der Waals surface area contributed by atoms with Crippen LogP contribution in [0.25, 0.3) is 0 Å². The second-order valence-electron chi connectivity index (χ2n) is 7.71. The number of nitrogens with two attached hydrogens (primary N) is 1. The summed E-state index contributed by atoms with van der Waals surface area (Å²) >= 11 is 3.00. The first-order valence-electron chi connectivity index (χ1n) is 9.06. The van der Waals surface area contributed by atoms with E-state index in [0.29, 0.717) is 5.56 Å². The number of halogens is 1. The minimum Gasteiger partial charge on any atom is -0.480 e. The Morgan fingerprint density at radius 2 is 1.76 bits per heavy atom. The smallest absolute Gasteiger partial charge is 0.336 e. The van der Waals surface area contributed by atoms with Gasteiger partial charge < -0.3 is 20.9 Å². The zero-order chi connectivity index (χ0) is 22.2. The van der Waals surface area contributed by atoms with Crippen LogP contribution in [0.4, 0.5) is 0 Å². The second-order valence-corrected chi connectivity index (χ2v) is 8.27. The van der Waals surface area contributed by atoms with Crippen molar-refractivity contribution in [3.63, 3.8) is 0 Å². The lowest BCUT2D eigenvalue weighted by Crippen LogP contribution is -2.64. The summed E-state index contributed by atoms with van der Waals surface area (Å²) in [6.07, 6.45) is -0.353. The van der Waals surface area contributed by atoms with Crippen molar-refractivity contribution in [2.45, 2.75) is 57.2 Å². The number of benzene rings is 1. The van der Waals surface area contributed by atoms with Gasteiger partial charge in [-0.2, -0.15) is 0 Å². The summed E-state index contributed by atoms with van der Waals surface area (Å²) in [5.41, 5.74) is 3.78. The van der Waals surface area contributed by atoms with E-state index in [0.717, 1.165) is 0 Å². The Morgan fingerprint density at radius 1 is 1.17 bits per heavy atom. The molecule has 0 aliphatic heterocycles. The molecule has 1 rings (SSSR count). The lowest BCUT2D eigenvalue weighted by molar-refractivity contribution is -0.165. The van der Waals surface area contributed by atoms with Gasteiger partial charge in [0.1, 0.15) is 17.4 Å². The lowest BCUT2D eigenvalue weighted by atomic mass is 9.90. The van der Waals surface area contributed by atoms with Crippen LogP contribution in [0, 0.1) is 0 Å². The van der Waals surface area contributed by atoms with Gasteiger partial charge in [0.25, 0.3) is 5.91 Å². The maximum absolute atomic E-state index is 12.9. The molecule has 0 fully saturated rings. The molecular formula is C20H27BrN2O6. The van der Waals surface area contributed by atoms with Gasteiger partial charge in [-0.05, 0) is 32.8 Å². The molecule has 0 heterocycles. The third-order valence-corrected chi connectivity index (χ3v) is 4.58. The van der Waals surface area contributed by atoms with Crippen molar-refractivity contribution in [2.24, 2.45) is 5.73 Å². The normalized spacial score (nSPS) is 14.4. The average Bonchev–Trinajstić information content (AvgIpc) is 2.63. The Labute approximate surface area is 178 Å². The fraction of sp³-hybridized carbons (Fsp3) is 0.500. The number of ketones is 1. The standard InChI is InChI=1S/C20H27BrN2O6/c1-19(2,3)29-18(28)20(22,11-13-7-5-4-6-8-13)17(27)23-15(16(25)26)10-9-14(24)12-21/h4-8,15H,9-12,22H2,1-3H3,(H,23,27)(H,25,26)/t15-,20-/m0/s1. The van der Waals surface area contributed by atoms with Gasteiger partial charge in [-0.25, -0.2) is 9.59 Å². The highest BCUT2D eigenvalue weighted by Gasteiger charge is 2.46. The molecular weight excluding hydrogens is 444 g/mol. The van der Waals surface area contributed by atoms with Gasteiger partial charge >= 0.3 is 11.9 Å². The first kappa shape index (κ1) is 24.8. The maximum Gasteiger partial charge on any atom is 0.336 e. The van der Waals surface area contributed by atoms with E-state index < -0.39 is 35.0 Å². The lowest BCUT2D eigenvalue weighted by Gasteiger charge is -2.31. The number of Topliss-reactive ketones (excluding diaryl/α,β-unsaturated/α-hetero) is 1. The number of hydrogen-bond acceptors (Lipinski definition) is 6. The van der Waals surface area contributed by atoms with Gasteiger partial charge in [0.2, 0.25) is 0 Å². The molecule has 9 heteroatoms. The highest BCUT2D eigenvalue weighted by Crippen LogP contribution is 2.19. The molecule has 0 saturated carbocycles. The first-order chi connectivity index (χ1) is 13.4. The Morgan fingerprint density at radius 3 is 2.24 bits per heavy atom. The van der Waals surface area contributed by atoms with Crippen LogP contribution < -0.4 is 11.1 Å². The van der Waals surface area contributed by atoms with Gasteiger partial charge in [0, 0.05) is 12.8 Å². The number of carboxylic acids is 1. The van der Waals surface area contributed by atoms with Crippen molar-refractivity contribution >= 4 is 39.6 Å². The monoisotopic (exact) mass is 470 g/mol. The SMILES string of the molecule is CC(C)(C)OC(=O)[C@](N)(Cc1ccccc1)C(=O)N[C@@H](CCC(=O)CBr)C(=O)O. The molecule has 1 amide bonds. The number of ether oxygens (including phenoxy) is 1. The van der Waals surface area contributed by atoms with Gasteiger partial charge in [-0.1, -0.05) is 46.3 Å². The number of carboxylic acid groups (broad SMARTS) is 1. The van der Waals surface area contributed by atoms with Crippen LogP contribution in [-0.4, -0.2) is 51.2 Å². The van der Waals surface area contributed by atoms with Crippen LogP contribution in [0.15, 0.2) is 30.3 Å². The third kappa shape index (κ3) is 7.94. The van der Waals surface area contributed by atoms with E-state index in [2.05, 4.69) is 21.2 Å². The van der Waals surface area contributed by atoms with Crippen molar-refractivity contribution in [1.29, 1.82) is 0 Å². The quantitative estimate of drug-likeness (QED) is 0.268. The van der Waals surface area contributed by atoms with Gasteiger partial charge in [0.15, 0.2) is 5.54 Å². The van der Waals surface area contributed by atoms with Crippen LogP contribution in [0.1, 0.15) is 39.2 Å². The predicted molar refractivity (Wildman–Crippen MR) is 111 cm³/mol. The molecule has 0 spiro atoms. The Bertz CT molecular complexity index is 747. The topological polar surface area (TPSA) is 136 Å². The van der Waals surface area contributed by atoms with E-state index in [1.807, 2.05) is 0 Å². The van der Waals surface area contributed by atoms with Crippen molar-refractivity contribution < 1.29 is 29.0 Å². The molecule has 1 aromatic carbocycles. The molecule has 0 bridgehead atoms. The fourth-order valence-electron chi connectivity index (χ4n) is 2.45. The van der Waals surface area contributed by atoms with Gasteiger partial charge in [0.05, 0.1) is 5.33 Å². The predicted octanol–water partition coefficient (Wildman–Crippen LogP) is 1.58. The molecule has 0 aliphatic rings. The number of nitrogens with one attached hydrogen (secondary N) is 1. The average molecular weight is 471 g/mol. The number of carbonyl (C=O) groups excluding carboxylic acids is 3.